The molecule has 1 heterocycles. The van der Waals surface area contributed by atoms with E-state index < -0.39 is 0 Å². The summed E-state index contributed by atoms with van der Waals surface area (Å²) in [5.41, 5.74) is 0.452. The summed E-state index contributed by atoms with van der Waals surface area (Å²) >= 11 is 0. The van der Waals surface area contributed by atoms with E-state index in [1.807, 2.05) is 0 Å². The van der Waals surface area contributed by atoms with Crippen LogP contribution in [0.4, 0.5) is 0 Å². The Morgan fingerprint density at radius 1 is 1.16 bits per heavy atom. The van der Waals surface area contributed by atoms with Crippen molar-refractivity contribution in [2.24, 2.45) is 17.3 Å². The highest BCUT2D eigenvalue weighted by molar-refractivity contribution is 5.00. The highest BCUT2D eigenvalue weighted by atomic mass is 15.2. The second-order valence-corrected chi connectivity index (χ2v) is 7.79. The normalized spacial score (nSPS) is 39.6. The second-order valence-electron chi connectivity index (χ2n) is 7.79. The molecule has 2 rings (SSSR count). The van der Waals surface area contributed by atoms with Gasteiger partial charge in [0, 0.05) is 25.2 Å². The van der Waals surface area contributed by atoms with E-state index in [1.54, 1.807) is 0 Å². The topological polar surface area (TPSA) is 15.3 Å². The summed E-state index contributed by atoms with van der Waals surface area (Å²) in [6, 6.07) is 1.45. The Morgan fingerprint density at radius 2 is 1.79 bits per heavy atom. The minimum atomic E-state index is 0.452. The van der Waals surface area contributed by atoms with Crippen molar-refractivity contribution in [2.45, 2.75) is 72.4 Å². The molecule has 1 saturated heterocycles. The maximum atomic E-state index is 3.88. The van der Waals surface area contributed by atoms with Crippen LogP contribution in [-0.4, -0.2) is 36.6 Å². The SMILES string of the molecule is CCCNC1C(N2CC(C)C(C)C2)CCCC1(C)C. The summed E-state index contributed by atoms with van der Waals surface area (Å²) in [5.74, 6) is 1.74. The van der Waals surface area contributed by atoms with Gasteiger partial charge >= 0.3 is 0 Å². The van der Waals surface area contributed by atoms with E-state index in [0.29, 0.717) is 11.5 Å². The van der Waals surface area contributed by atoms with Gasteiger partial charge in [0.2, 0.25) is 0 Å². The molecule has 0 spiro atoms. The fourth-order valence-corrected chi connectivity index (χ4v) is 4.16. The zero-order chi connectivity index (χ0) is 14.0. The van der Waals surface area contributed by atoms with Crippen LogP contribution in [-0.2, 0) is 0 Å². The lowest BCUT2D eigenvalue weighted by molar-refractivity contribution is 0.0589. The molecule has 1 aliphatic carbocycles. The van der Waals surface area contributed by atoms with Gasteiger partial charge in [0.05, 0.1) is 0 Å². The van der Waals surface area contributed by atoms with Gasteiger partial charge in [0.1, 0.15) is 0 Å². The summed E-state index contributed by atoms with van der Waals surface area (Å²) in [4.78, 5) is 2.80. The zero-order valence-corrected chi connectivity index (χ0v) is 13.7. The first-order valence-corrected chi connectivity index (χ1v) is 8.43. The van der Waals surface area contributed by atoms with E-state index in [9.17, 15) is 0 Å². The maximum Gasteiger partial charge on any atom is 0.0274 e. The fraction of sp³-hybridized carbons (Fsp3) is 1.00. The third-order valence-corrected chi connectivity index (χ3v) is 5.65. The van der Waals surface area contributed by atoms with Crippen molar-refractivity contribution in [3.63, 3.8) is 0 Å². The summed E-state index contributed by atoms with van der Waals surface area (Å²) in [7, 11) is 0. The summed E-state index contributed by atoms with van der Waals surface area (Å²) in [6.07, 6.45) is 5.42. The first kappa shape index (κ1) is 15.3. The molecule has 0 bridgehead atoms. The lowest BCUT2D eigenvalue weighted by atomic mass is 9.70. The monoisotopic (exact) mass is 266 g/mol. The van der Waals surface area contributed by atoms with E-state index in [4.69, 9.17) is 0 Å². The average molecular weight is 266 g/mol. The van der Waals surface area contributed by atoms with Crippen molar-refractivity contribution < 1.29 is 0 Å². The van der Waals surface area contributed by atoms with Crippen molar-refractivity contribution in [3.8, 4) is 0 Å². The van der Waals surface area contributed by atoms with Crippen LogP contribution in [0.2, 0.25) is 0 Å². The van der Waals surface area contributed by atoms with Crippen LogP contribution < -0.4 is 5.32 Å². The number of nitrogens with one attached hydrogen (secondary N) is 1. The largest absolute Gasteiger partial charge is 0.312 e. The molecule has 1 aliphatic heterocycles. The van der Waals surface area contributed by atoms with Crippen LogP contribution in [0.15, 0.2) is 0 Å². The Kier molecular flexibility index (Phi) is 4.94. The molecular formula is C17H34N2. The summed E-state index contributed by atoms with van der Waals surface area (Å²) in [6.45, 7) is 15.9. The Balaban J connectivity index is 2.07. The van der Waals surface area contributed by atoms with Gasteiger partial charge in [0.25, 0.3) is 0 Å². The van der Waals surface area contributed by atoms with Gasteiger partial charge in [-0.1, -0.05) is 41.0 Å². The second kappa shape index (κ2) is 6.13. The molecule has 0 aromatic rings. The first-order chi connectivity index (χ1) is 8.95. The van der Waals surface area contributed by atoms with Crippen LogP contribution in [0.3, 0.4) is 0 Å². The first-order valence-electron chi connectivity index (χ1n) is 8.43. The molecule has 2 aliphatic rings. The molecule has 4 unspecified atom stereocenters. The van der Waals surface area contributed by atoms with E-state index in [1.165, 1.54) is 45.3 Å². The summed E-state index contributed by atoms with van der Waals surface area (Å²) in [5, 5.41) is 3.88. The predicted octanol–water partition coefficient (Wildman–Crippen LogP) is 3.52. The molecule has 1 N–H and O–H groups in total. The molecule has 0 amide bonds. The third kappa shape index (κ3) is 3.33. The van der Waals surface area contributed by atoms with Gasteiger partial charge in [-0.05, 0) is 43.1 Å². The molecule has 2 fully saturated rings. The molecule has 4 atom stereocenters. The van der Waals surface area contributed by atoms with Crippen LogP contribution in [0.5, 0.6) is 0 Å². The average Bonchev–Trinajstić information content (AvgIpc) is 2.67. The van der Waals surface area contributed by atoms with Gasteiger partial charge in [-0.2, -0.15) is 0 Å². The molecule has 0 aromatic heterocycles. The number of hydrogen-bond donors (Lipinski definition) is 1. The van der Waals surface area contributed by atoms with Gasteiger partial charge < -0.3 is 5.32 Å². The van der Waals surface area contributed by atoms with E-state index >= 15 is 0 Å². The molecule has 19 heavy (non-hydrogen) atoms. The van der Waals surface area contributed by atoms with E-state index in [-0.39, 0.29) is 0 Å². The zero-order valence-electron chi connectivity index (χ0n) is 13.7. The third-order valence-electron chi connectivity index (χ3n) is 5.65. The lowest BCUT2D eigenvalue weighted by Crippen LogP contribution is -2.58. The van der Waals surface area contributed by atoms with Crippen molar-refractivity contribution in [3.05, 3.63) is 0 Å². The minimum absolute atomic E-state index is 0.452. The van der Waals surface area contributed by atoms with Gasteiger partial charge in [0.15, 0.2) is 0 Å². The molecule has 0 radical (unpaired) electrons. The molecule has 112 valence electrons. The Hall–Kier alpha value is -0.0800. The lowest BCUT2D eigenvalue weighted by Gasteiger charge is -2.48. The van der Waals surface area contributed by atoms with Crippen molar-refractivity contribution in [1.29, 1.82) is 0 Å². The Morgan fingerprint density at radius 3 is 2.37 bits per heavy atom. The van der Waals surface area contributed by atoms with Crippen LogP contribution in [0.25, 0.3) is 0 Å². The molecule has 1 saturated carbocycles. The standard InChI is InChI=1S/C17H34N2/c1-6-10-18-16-15(8-7-9-17(16,4)5)19-11-13(2)14(3)12-19/h13-16,18H,6-12H2,1-5H3. The molecule has 2 nitrogen and oxygen atoms in total. The number of hydrogen-bond acceptors (Lipinski definition) is 2. The van der Waals surface area contributed by atoms with Crippen LogP contribution >= 0.6 is 0 Å². The van der Waals surface area contributed by atoms with Crippen molar-refractivity contribution >= 4 is 0 Å². The van der Waals surface area contributed by atoms with Gasteiger partial charge in [-0.25, -0.2) is 0 Å². The van der Waals surface area contributed by atoms with Gasteiger partial charge in [-0.15, -0.1) is 0 Å². The molecular weight excluding hydrogens is 232 g/mol. The number of nitrogens with zero attached hydrogens (tertiary/aromatic N) is 1. The Bertz CT molecular complexity index is 277. The summed E-state index contributed by atoms with van der Waals surface area (Å²) < 4.78 is 0. The van der Waals surface area contributed by atoms with Crippen molar-refractivity contribution in [2.75, 3.05) is 19.6 Å². The number of rotatable bonds is 4. The quantitative estimate of drug-likeness (QED) is 0.837. The maximum absolute atomic E-state index is 3.88. The van der Waals surface area contributed by atoms with E-state index in [2.05, 4.69) is 44.8 Å². The predicted molar refractivity (Wildman–Crippen MR) is 83.4 cm³/mol. The Labute approximate surface area is 120 Å². The highest BCUT2D eigenvalue weighted by Crippen LogP contribution is 2.39. The highest BCUT2D eigenvalue weighted by Gasteiger charge is 2.43. The smallest absolute Gasteiger partial charge is 0.0274 e. The minimum Gasteiger partial charge on any atom is -0.312 e. The molecule has 2 heteroatoms. The van der Waals surface area contributed by atoms with Crippen LogP contribution in [0.1, 0.15) is 60.3 Å². The van der Waals surface area contributed by atoms with Crippen LogP contribution in [0, 0.1) is 17.3 Å². The van der Waals surface area contributed by atoms with Gasteiger partial charge in [-0.3, -0.25) is 4.90 Å². The fourth-order valence-electron chi connectivity index (χ4n) is 4.16. The van der Waals surface area contributed by atoms with E-state index in [0.717, 1.165) is 17.9 Å². The molecule has 0 aromatic carbocycles. The number of likely N-dealkylation sites (tertiary alicyclic amines) is 1. The van der Waals surface area contributed by atoms with Crippen molar-refractivity contribution in [1.82, 2.24) is 10.2 Å².